The van der Waals surface area contributed by atoms with E-state index in [0.717, 1.165) is 22.7 Å². The fraction of sp³-hybridized carbons (Fsp3) is 0.321. The maximum atomic E-state index is 13.0. The van der Waals surface area contributed by atoms with Crippen LogP contribution >= 0.6 is 0 Å². The topological polar surface area (TPSA) is 109 Å². The summed E-state index contributed by atoms with van der Waals surface area (Å²) >= 11 is 0. The van der Waals surface area contributed by atoms with Crippen LogP contribution in [0.5, 0.6) is 0 Å². The molecule has 1 aliphatic rings. The Balaban J connectivity index is 1.26. The summed E-state index contributed by atoms with van der Waals surface area (Å²) in [4.78, 5) is 38.9. The van der Waals surface area contributed by atoms with Gasteiger partial charge in [0.15, 0.2) is 17.4 Å². The van der Waals surface area contributed by atoms with Crippen LogP contribution in [0.4, 0.5) is 5.82 Å². The molecule has 4 aromatic rings. The number of piperazine rings is 1. The number of rotatable bonds is 6. The van der Waals surface area contributed by atoms with Gasteiger partial charge < -0.3 is 14.6 Å². The van der Waals surface area contributed by atoms with Gasteiger partial charge in [-0.1, -0.05) is 17.7 Å². The second-order valence-electron chi connectivity index (χ2n) is 9.67. The van der Waals surface area contributed by atoms with Crippen LogP contribution < -0.4 is 5.32 Å². The van der Waals surface area contributed by atoms with Crippen molar-refractivity contribution in [1.29, 1.82) is 0 Å². The van der Waals surface area contributed by atoms with E-state index in [1.807, 2.05) is 73.9 Å². The molecular formula is C28H31N7O3. The highest BCUT2D eigenvalue weighted by Crippen LogP contribution is 2.23. The van der Waals surface area contributed by atoms with Crippen molar-refractivity contribution in [1.82, 2.24) is 29.5 Å². The van der Waals surface area contributed by atoms with Gasteiger partial charge in [0.2, 0.25) is 5.91 Å². The summed E-state index contributed by atoms with van der Waals surface area (Å²) in [5.41, 5.74) is 3.53. The standard InChI is InChI=1S/C28H31N7O3/c1-18-6-5-7-22(14-18)28(37)34-12-10-33(11-13-34)17-26(36)29-24-16-25(35-20(3)15-19(2)32-35)31-27(30-24)23-9-8-21(4)38-23/h5-9,14-16H,10-13,17H2,1-4H3,(H,29,30,31,36). The fourth-order valence-electron chi connectivity index (χ4n) is 4.59. The molecule has 0 aliphatic carbocycles. The summed E-state index contributed by atoms with van der Waals surface area (Å²) in [7, 11) is 0. The number of furan rings is 1. The van der Waals surface area contributed by atoms with E-state index in [9.17, 15) is 9.59 Å². The lowest BCUT2D eigenvalue weighted by Gasteiger charge is -2.34. The van der Waals surface area contributed by atoms with E-state index in [-0.39, 0.29) is 18.4 Å². The molecule has 5 rings (SSSR count). The molecule has 2 amide bonds. The van der Waals surface area contributed by atoms with Crippen LogP contribution in [0.25, 0.3) is 17.4 Å². The fourth-order valence-corrected chi connectivity index (χ4v) is 4.59. The zero-order valence-corrected chi connectivity index (χ0v) is 22.1. The molecule has 0 atom stereocenters. The minimum absolute atomic E-state index is 0.0242. The highest BCUT2D eigenvalue weighted by atomic mass is 16.3. The Morgan fingerprint density at radius 3 is 2.39 bits per heavy atom. The van der Waals surface area contributed by atoms with Gasteiger partial charge >= 0.3 is 0 Å². The third kappa shape index (κ3) is 5.65. The monoisotopic (exact) mass is 513 g/mol. The Bertz CT molecular complexity index is 1480. The highest BCUT2D eigenvalue weighted by Gasteiger charge is 2.24. The van der Waals surface area contributed by atoms with Crippen molar-refractivity contribution in [2.45, 2.75) is 27.7 Å². The number of carbonyl (C=O) groups excluding carboxylic acids is 2. The van der Waals surface area contributed by atoms with Gasteiger partial charge in [0, 0.05) is 43.5 Å². The smallest absolute Gasteiger partial charge is 0.253 e. The van der Waals surface area contributed by atoms with Crippen molar-refractivity contribution in [2.75, 3.05) is 38.0 Å². The second kappa shape index (κ2) is 10.6. The average Bonchev–Trinajstić information content (AvgIpc) is 3.48. The van der Waals surface area contributed by atoms with Gasteiger partial charge in [-0.05, 0) is 58.0 Å². The summed E-state index contributed by atoms with van der Waals surface area (Å²) in [6, 6.07) is 14.9. The van der Waals surface area contributed by atoms with Crippen molar-refractivity contribution < 1.29 is 14.0 Å². The van der Waals surface area contributed by atoms with Crippen molar-refractivity contribution >= 4 is 17.6 Å². The number of carbonyl (C=O) groups is 2. The van der Waals surface area contributed by atoms with Crippen molar-refractivity contribution in [3.8, 4) is 17.4 Å². The number of nitrogens with zero attached hydrogens (tertiary/aromatic N) is 6. The molecule has 0 spiro atoms. The molecule has 38 heavy (non-hydrogen) atoms. The summed E-state index contributed by atoms with van der Waals surface area (Å²) < 4.78 is 7.46. The zero-order valence-electron chi connectivity index (χ0n) is 22.1. The molecule has 10 heteroatoms. The molecular weight excluding hydrogens is 482 g/mol. The molecule has 3 aromatic heterocycles. The number of hydrogen-bond acceptors (Lipinski definition) is 7. The maximum Gasteiger partial charge on any atom is 0.253 e. The predicted molar refractivity (Wildman–Crippen MR) is 143 cm³/mol. The molecule has 1 aromatic carbocycles. The molecule has 1 N–H and O–H groups in total. The molecule has 1 fully saturated rings. The minimum Gasteiger partial charge on any atom is -0.458 e. The Hall–Kier alpha value is -4.31. The van der Waals surface area contributed by atoms with Crippen molar-refractivity contribution in [2.24, 2.45) is 0 Å². The Labute approximate surface area is 221 Å². The van der Waals surface area contributed by atoms with Crippen molar-refractivity contribution in [3.05, 3.63) is 76.8 Å². The lowest BCUT2D eigenvalue weighted by atomic mass is 10.1. The molecule has 1 aliphatic heterocycles. The number of aromatic nitrogens is 4. The lowest BCUT2D eigenvalue weighted by Crippen LogP contribution is -2.50. The van der Waals surface area contributed by atoms with Crippen LogP contribution in [-0.2, 0) is 4.79 Å². The molecule has 0 radical (unpaired) electrons. The number of hydrogen-bond donors (Lipinski definition) is 1. The second-order valence-corrected chi connectivity index (χ2v) is 9.67. The van der Waals surface area contributed by atoms with Gasteiger partial charge in [0.25, 0.3) is 5.91 Å². The molecule has 0 bridgehead atoms. The number of nitrogens with one attached hydrogen (secondary N) is 1. The minimum atomic E-state index is -0.192. The van der Waals surface area contributed by atoms with Crippen LogP contribution in [0.15, 0.2) is 52.9 Å². The Kier molecular flexibility index (Phi) is 7.06. The summed E-state index contributed by atoms with van der Waals surface area (Å²) in [6.45, 7) is 10.2. The molecule has 10 nitrogen and oxygen atoms in total. The van der Waals surface area contributed by atoms with E-state index in [1.54, 1.807) is 16.8 Å². The van der Waals surface area contributed by atoms with E-state index >= 15 is 0 Å². The van der Waals surface area contributed by atoms with Crippen molar-refractivity contribution in [3.63, 3.8) is 0 Å². The summed E-state index contributed by atoms with van der Waals surface area (Å²) in [6.07, 6.45) is 0. The number of aryl methyl sites for hydroxylation is 4. The van der Waals surface area contributed by atoms with Crippen LogP contribution in [0.1, 0.15) is 33.1 Å². The van der Waals surface area contributed by atoms with E-state index in [0.29, 0.717) is 55.0 Å². The van der Waals surface area contributed by atoms with Gasteiger partial charge in [-0.2, -0.15) is 5.10 Å². The van der Waals surface area contributed by atoms with Gasteiger partial charge in [0.05, 0.1) is 12.2 Å². The molecule has 1 saturated heterocycles. The normalized spacial score (nSPS) is 14.1. The van der Waals surface area contributed by atoms with E-state index < -0.39 is 0 Å². The van der Waals surface area contributed by atoms with Crippen LogP contribution in [0.3, 0.4) is 0 Å². The van der Waals surface area contributed by atoms with Gasteiger partial charge in [0.1, 0.15) is 11.6 Å². The molecule has 4 heterocycles. The van der Waals surface area contributed by atoms with Crippen LogP contribution in [0.2, 0.25) is 0 Å². The number of benzene rings is 1. The highest BCUT2D eigenvalue weighted by molar-refractivity contribution is 5.94. The zero-order chi connectivity index (χ0) is 26.8. The maximum absolute atomic E-state index is 13.0. The first-order valence-electron chi connectivity index (χ1n) is 12.6. The predicted octanol–water partition coefficient (Wildman–Crippen LogP) is 3.55. The first-order chi connectivity index (χ1) is 18.2. The first-order valence-corrected chi connectivity index (χ1v) is 12.6. The van der Waals surface area contributed by atoms with Crippen LogP contribution in [-0.4, -0.2) is 74.1 Å². The third-order valence-corrected chi connectivity index (χ3v) is 6.46. The van der Waals surface area contributed by atoms with Gasteiger partial charge in [-0.15, -0.1) is 0 Å². The third-order valence-electron chi connectivity index (χ3n) is 6.46. The summed E-state index contributed by atoms with van der Waals surface area (Å²) in [5.74, 6) is 2.35. The van der Waals surface area contributed by atoms with E-state index in [2.05, 4.69) is 20.4 Å². The van der Waals surface area contributed by atoms with Gasteiger partial charge in [-0.25, -0.2) is 14.6 Å². The molecule has 0 saturated carbocycles. The lowest BCUT2D eigenvalue weighted by molar-refractivity contribution is -0.117. The van der Waals surface area contributed by atoms with E-state index in [1.165, 1.54) is 0 Å². The molecule has 0 unspecified atom stereocenters. The quantitative estimate of drug-likeness (QED) is 0.420. The Morgan fingerprint density at radius 2 is 1.74 bits per heavy atom. The Morgan fingerprint density at radius 1 is 0.947 bits per heavy atom. The van der Waals surface area contributed by atoms with Gasteiger partial charge in [-0.3, -0.25) is 14.5 Å². The first kappa shape index (κ1) is 25.3. The SMILES string of the molecule is Cc1cccc(C(=O)N2CCN(CC(=O)Nc3cc(-n4nc(C)cc4C)nc(-c4ccc(C)o4)n3)CC2)c1. The number of amides is 2. The molecule has 196 valence electrons. The number of anilines is 1. The summed E-state index contributed by atoms with van der Waals surface area (Å²) in [5, 5.41) is 7.44. The van der Waals surface area contributed by atoms with Crippen LogP contribution in [0, 0.1) is 27.7 Å². The van der Waals surface area contributed by atoms with E-state index in [4.69, 9.17) is 4.42 Å². The largest absolute Gasteiger partial charge is 0.458 e. The average molecular weight is 514 g/mol.